The molecule has 0 atom stereocenters. The Morgan fingerprint density at radius 3 is 1.70 bits per heavy atom. The van der Waals surface area contributed by atoms with Gasteiger partial charge in [-0.25, -0.2) is 11.7 Å². The van der Waals surface area contributed by atoms with Gasteiger partial charge in [0.25, 0.3) is 11.8 Å². The molecule has 0 fully saturated rings. The van der Waals surface area contributed by atoms with E-state index < -0.39 is 5.91 Å². The molecule has 2 aromatic rings. The lowest BCUT2D eigenvalue weighted by molar-refractivity contribution is 0.0945. The van der Waals surface area contributed by atoms with Crippen molar-refractivity contribution in [2.75, 3.05) is 0 Å². The Bertz CT molecular complexity index is 670. The van der Waals surface area contributed by atoms with Gasteiger partial charge < -0.3 is 0 Å². The number of nitrogens with two attached hydrogens (primary N) is 2. The molecule has 2 amide bonds. The zero-order valence-corrected chi connectivity index (χ0v) is 13.8. The first kappa shape index (κ1) is 18.9. The van der Waals surface area contributed by atoms with Crippen molar-refractivity contribution in [1.82, 2.24) is 10.9 Å². The fourth-order valence-corrected chi connectivity index (χ4v) is 2.08. The Morgan fingerprint density at radius 1 is 0.826 bits per heavy atom. The second kappa shape index (κ2) is 9.12. The summed E-state index contributed by atoms with van der Waals surface area (Å²) in [6.45, 7) is 1.96. The molecule has 0 aliphatic heterocycles. The van der Waals surface area contributed by atoms with E-state index in [1.165, 1.54) is 18.2 Å². The van der Waals surface area contributed by atoms with Crippen LogP contribution in [0.4, 0.5) is 0 Å². The Balaban J connectivity index is 0.000000231. The summed E-state index contributed by atoms with van der Waals surface area (Å²) in [5, 5.41) is 0.808. The molecule has 0 aromatic heterocycles. The first-order valence-corrected chi connectivity index (χ1v) is 7.17. The lowest BCUT2D eigenvalue weighted by Gasteiger charge is -2.00. The minimum absolute atomic E-state index is 0.259. The number of benzene rings is 2. The van der Waals surface area contributed by atoms with Crippen LogP contribution in [0.3, 0.4) is 0 Å². The highest BCUT2D eigenvalue weighted by Gasteiger charge is 2.05. The normalized spacial score (nSPS) is 9.43. The molecule has 23 heavy (non-hydrogen) atoms. The van der Waals surface area contributed by atoms with Gasteiger partial charge in [0.05, 0.1) is 0 Å². The van der Waals surface area contributed by atoms with E-state index in [-0.39, 0.29) is 5.91 Å². The van der Waals surface area contributed by atoms with Crippen LogP contribution in [-0.2, 0) is 0 Å². The van der Waals surface area contributed by atoms with Crippen LogP contribution in [-0.4, -0.2) is 11.8 Å². The number of carbonyl (C=O) groups is 2. The molecule has 0 aliphatic rings. The maximum atomic E-state index is 11.0. The van der Waals surface area contributed by atoms with Gasteiger partial charge in [-0.2, -0.15) is 0 Å². The third kappa shape index (κ3) is 6.25. The molecule has 122 valence electrons. The van der Waals surface area contributed by atoms with Gasteiger partial charge in [-0.05, 0) is 37.3 Å². The summed E-state index contributed by atoms with van der Waals surface area (Å²) in [6.07, 6.45) is 0. The zero-order valence-electron chi connectivity index (χ0n) is 12.3. The molecule has 6 N–H and O–H groups in total. The number of aryl methyl sites for hydroxylation is 1. The van der Waals surface area contributed by atoms with Crippen LogP contribution in [0.2, 0.25) is 10.0 Å². The Kier molecular flexibility index (Phi) is 7.50. The van der Waals surface area contributed by atoms with Gasteiger partial charge in [-0.15, -0.1) is 0 Å². The molecule has 0 saturated heterocycles. The van der Waals surface area contributed by atoms with Crippen LogP contribution in [0.25, 0.3) is 0 Å². The third-order valence-corrected chi connectivity index (χ3v) is 3.14. The maximum Gasteiger partial charge on any atom is 0.265 e. The zero-order chi connectivity index (χ0) is 17.4. The summed E-state index contributed by atoms with van der Waals surface area (Å²) in [6, 6.07) is 11.7. The highest BCUT2D eigenvalue weighted by molar-refractivity contribution is 6.35. The topological polar surface area (TPSA) is 110 Å². The van der Waals surface area contributed by atoms with E-state index in [0.717, 1.165) is 5.56 Å². The number of hydrogen-bond donors (Lipinski definition) is 4. The van der Waals surface area contributed by atoms with Crippen LogP contribution in [0, 0.1) is 6.92 Å². The minimum atomic E-state index is -0.417. The number of halogens is 2. The summed E-state index contributed by atoms with van der Waals surface area (Å²) in [5.74, 6) is 9.18. The van der Waals surface area contributed by atoms with Gasteiger partial charge in [0, 0.05) is 21.2 Å². The number of nitrogens with one attached hydrogen (secondary N) is 2. The van der Waals surface area contributed by atoms with E-state index >= 15 is 0 Å². The van der Waals surface area contributed by atoms with Gasteiger partial charge in [0.1, 0.15) is 0 Å². The molecule has 8 heteroatoms. The second-order valence-electron chi connectivity index (χ2n) is 4.47. The van der Waals surface area contributed by atoms with Crippen molar-refractivity contribution in [3.63, 3.8) is 0 Å². The van der Waals surface area contributed by atoms with E-state index in [0.29, 0.717) is 21.2 Å². The monoisotopic (exact) mass is 354 g/mol. The lowest BCUT2D eigenvalue weighted by Crippen LogP contribution is -2.29. The van der Waals surface area contributed by atoms with Gasteiger partial charge in [-0.1, -0.05) is 40.9 Å². The fourth-order valence-electron chi connectivity index (χ4n) is 1.56. The average Bonchev–Trinajstić information content (AvgIpc) is 2.53. The molecular weight excluding hydrogens is 339 g/mol. The molecule has 2 rings (SSSR count). The molecule has 0 heterocycles. The van der Waals surface area contributed by atoms with E-state index in [4.69, 9.17) is 34.9 Å². The van der Waals surface area contributed by atoms with Crippen molar-refractivity contribution < 1.29 is 9.59 Å². The molecule has 6 nitrogen and oxygen atoms in total. The largest absolute Gasteiger partial charge is 0.290 e. The van der Waals surface area contributed by atoms with Gasteiger partial charge in [-0.3, -0.25) is 20.4 Å². The number of carbonyl (C=O) groups excluding carboxylic acids is 2. The van der Waals surface area contributed by atoms with Crippen molar-refractivity contribution in [1.29, 1.82) is 0 Å². The minimum Gasteiger partial charge on any atom is -0.290 e. The quantitative estimate of drug-likeness (QED) is 0.376. The highest BCUT2D eigenvalue weighted by Crippen LogP contribution is 2.18. The molecular formula is C15H16Cl2N4O2. The van der Waals surface area contributed by atoms with Crippen LogP contribution in [0.15, 0.2) is 42.5 Å². The Hall–Kier alpha value is -2.12. The molecule has 0 spiro atoms. The smallest absolute Gasteiger partial charge is 0.265 e. The predicted molar refractivity (Wildman–Crippen MR) is 90.9 cm³/mol. The van der Waals surface area contributed by atoms with Crippen molar-refractivity contribution in [2.24, 2.45) is 11.7 Å². The Morgan fingerprint density at radius 2 is 1.26 bits per heavy atom. The molecule has 0 radical (unpaired) electrons. The van der Waals surface area contributed by atoms with Crippen LogP contribution in [0.5, 0.6) is 0 Å². The van der Waals surface area contributed by atoms with Gasteiger partial charge >= 0.3 is 0 Å². The van der Waals surface area contributed by atoms with Crippen molar-refractivity contribution in [3.05, 3.63) is 69.2 Å². The van der Waals surface area contributed by atoms with Gasteiger partial charge in [0.2, 0.25) is 0 Å². The van der Waals surface area contributed by atoms with E-state index in [9.17, 15) is 9.59 Å². The Labute approximate surface area is 143 Å². The number of rotatable bonds is 2. The number of amides is 2. The fraction of sp³-hybridized carbons (Fsp3) is 0.0667. The first-order valence-electron chi connectivity index (χ1n) is 6.42. The van der Waals surface area contributed by atoms with Crippen molar-refractivity contribution in [2.45, 2.75) is 6.92 Å². The van der Waals surface area contributed by atoms with Gasteiger partial charge in [0.15, 0.2) is 0 Å². The maximum absolute atomic E-state index is 11.0. The summed E-state index contributed by atoms with van der Waals surface area (Å²) >= 11 is 11.3. The van der Waals surface area contributed by atoms with E-state index in [2.05, 4.69) is 5.43 Å². The number of hydrogen-bond acceptors (Lipinski definition) is 4. The van der Waals surface area contributed by atoms with Crippen molar-refractivity contribution in [3.8, 4) is 0 Å². The summed E-state index contributed by atoms with van der Waals surface area (Å²) in [4.78, 5) is 21.9. The summed E-state index contributed by atoms with van der Waals surface area (Å²) in [7, 11) is 0. The van der Waals surface area contributed by atoms with Crippen LogP contribution in [0.1, 0.15) is 26.3 Å². The lowest BCUT2D eigenvalue weighted by atomic mass is 10.1. The average molecular weight is 355 g/mol. The SMILES string of the molecule is Cc1ccc(C(=O)NN)cc1.NNC(=O)c1cc(Cl)cc(Cl)c1. The second-order valence-corrected chi connectivity index (χ2v) is 5.34. The van der Waals surface area contributed by atoms with Crippen LogP contribution >= 0.6 is 23.2 Å². The van der Waals surface area contributed by atoms with E-state index in [1.807, 2.05) is 24.5 Å². The van der Waals surface area contributed by atoms with E-state index in [1.54, 1.807) is 12.1 Å². The van der Waals surface area contributed by atoms with Crippen molar-refractivity contribution >= 4 is 35.0 Å². The summed E-state index contributed by atoms with van der Waals surface area (Å²) in [5.41, 5.74) is 6.09. The molecule has 0 aliphatic carbocycles. The summed E-state index contributed by atoms with van der Waals surface area (Å²) < 4.78 is 0. The standard InChI is InChI=1S/C8H10N2O.C7H6Cl2N2O/c1-6-2-4-7(5-3-6)8(11)10-9;8-5-1-4(7(12)11-10)2-6(9)3-5/h2-5H,9H2,1H3,(H,10,11);1-3H,10H2,(H,11,12). The first-order chi connectivity index (χ1) is 10.9. The molecule has 2 aromatic carbocycles. The highest BCUT2D eigenvalue weighted by atomic mass is 35.5. The number of hydrazine groups is 2. The van der Waals surface area contributed by atoms with Crippen LogP contribution < -0.4 is 22.5 Å². The molecule has 0 bridgehead atoms. The molecule has 0 unspecified atom stereocenters. The molecule has 0 saturated carbocycles. The predicted octanol–water partition coefficient (Wildman–Crippen LogP) is 2.20. The number of nitrogen functional groups attached to an aromatic ring is 2. The third-order valence-electron chi connectivity index (χ3n) is 2.70.